The molecule has 3 heteroatoms. The zero-order valence-electron chi connectivity index (χ0n) is 8.12. The lowest BCUT2D eigenvalue weighted by atomic mass is 10.3. The second-order valence-electron chi connectivity index (χ2n) is 2.71. The van der Waals surface area contributed by atoms with Crippen LogP contribution < -0.4 is 15.2 Å². The Kier molecular flexibility index (Phi) is 3.69. The third-order valence-corrected chi connectivity index (χ3v) is 1.72. The van der Waals surface area contributed by atoms with Gasteiger partial charge in [-0.1, -0.05) is 0 Å². The largest absolute Gasteiger partial charge is 0.497 e. The van der Waals surface area contributed by atoms with Crippen LogP contribution in [0.3, 0.4) is 0 Å². The molecule has 0 unspecified atom stereocenters. The second-order valence-corrected chi connectivity index (χ2v) is 2.71. The van der Waals surface area contributed by atoms with Gasteiger partial charge in [-0.2, -0.15) is 0 Å². The molecule has 14 heavy (non-hydrogen) atoms. The first kappa shape index (κ1) is 10.3. The molecule has 0 fully saturated rings. The maximum absolute atomic E-state index is 5.69. The third-order valence-electron chi connectivity index (χ3n) is 1.72. The Bertz CT molecular complexity index is 342. The van der Waals surface area contributed by atoms with Gasteiger partial charge in [0.2, 0.25) is 0 Å². The number of benzene rings is 1. The van der Waals surface area contributed by atoms with Crippen LogP contribution in [0.15, 0.2) is 18.2 Å². The number of ether oxygens (including phenoxy) is 2. The number of anilines is 1. The summed E-state index contributed by atoms with van der Waals surface area (Å²) in [5, 5.41) is 0. The lowest BCUT2D eigenvalue weighted by Crippen LogP contribution is -1.99. The number of nitrogen functional groups attached to an aromatic ring is 1. The fourth-order valence-corrected chi connectivity index (χ4v) is 0.987. The number of hydrogen-bond donors (Lipinski definition) is 1. The van der Waals surface area contributed by atoms with Crippen LogP contribution in [0.4, 0.5) is 5.69 Å². The molecule has 0 radical (unpaired) electrons. The summed E-state index contributed by atoms with van der Waals surface area (Å²) in [5.74, 6) is 3.82. The van der Waals surface area contributed by atoms with E-state index in [1.807, 2.05) is 0 Å². The standard InChI is InChI=1S/C11H13NO2/c1-3-4-7-14-11-8-9(13-2)5-6-10(11)12/h1,5-6,8H,4,7,12H2,2H3. The second kappa shape index (κ2) is 5.03. The molecule has 0 amide bonds. The van der Waals surface area contributed by atoms with Crippen molar-refractivity contribution in [3.05, 3.63) is 18.2 Å². The summed E-state index contributed by atoms with van der Waals surface area (Å²) in [6.07, 6.45) is 5.67. The van der Waals surface area contributed by atoms with Crippen LogP contribution in [-0.2, 0) is 0 Å². The van der Waals surface area contributed by atoms with Crippen molar-refractivity contribution in [2.75, 3.05) is 19.5 Å². The van der Waals surface area contributed by atoms with Crippen molar-refractivity contribution in [3.63, 3.8) is 0 Å². The highest BCUT2D eigenvalue weighted by molar-refractivity contribution is 5.55. The molecule has 0 bridgehead atoms. The van der Waals surface area contributed by atoms with Crippen LogP contribution in [0.2, 0.25) is 0 Å². The Hall–Kier alpha value is -1.82. The van der Waals surface area contributed by atoms with Crippen LogP contribution in [-0.4, -0.2) is 13.7 Å². The molecule has 0 saturated heterocycles. The van der Waals surface area contributed by atoms with Gasteiger partial charge in [-0.3, -0.25) is 0 Å². The molecule has 0 aliphatic rings. The van der Waals surface area contributed by atoms with Crippen LogP contribution >= 0.6 is 0 Å². The van der Waals surface area contributed by atoms with Crippen molar-refractivity contribution in [3.8, 4) is 23.8 Å². The number of rotatable bonds is 4. The maximum atomic E-state index is 5.69. The molecule has 1 aromatic carbocycles. The van der Waals surface area contributed by atoms with Crippen molar-refractivity contribution in [1.82, 2.24) is 0 Å². The van der Waals surface area contributed by atoms with Gasteiger partial charge < -0.3 is 15.2 Å². The number of methoxy groups -OCH3 is 1. The van der Waals surface area contributed by atoms with Crippen LogP contribution in [0.25, 0.3) is 0 Å². The molecular formula is C11H13NO2. The van der Waals surface area contributed by atoms with E-state index in [1.165, 1.54) is 0 Å². The highest BCUT2D eigenvalue weighted by atomic mass is 16.5. The van der Waals surface area contributed by atoms with Crippen molar-refractivity contribution in [2.45, 2.75) is 6.42 Å². The SMILES string of the molecule is C#CCCOc1cc(OC)ccc1N. The van der Waals surface area contributed by atoms with Crippen LogP contribution in [0.1, 0.15) is 6.42 Å². The van der Waals surface area contributed by atoms with Crippen molar-refractivity contribution in [2.24, 2.45) is 0 Å². The monoisotopic (exact) mass is 191 g/mol. The predicted molar refractivity (Wildman–Crippen MR) is 56.4 cm³/mol. The van der Waals surface area contributed by atoms with Gasteiger partial charge in [0, 0.05) is 12.5 Å². The van der Waals surface area contributed by atoms with Gasteiger partial charge in [-0.25, -0.2) is 0 Å². The van der Waals surface area contributed by atoms with E-state index >= 15 is 0 Å². The van der Waals surface area contributed by atoms with E-state index in [2.05, 4.69) is 5.92 Å². The van der Waals surface area contributed by atoms with Crippen molar-refractivity contribution >= 4 is 5.69 Å². The molecule has 0 spiro atoms. The smallest absolute Gasteiger partial charge is 0.145 e. The van der Waals surface area contributed by atoms with E-state index in [-0.39, 0.29) is 0 Å². The molecule has 1 aromatic rings. The van der Waals surface area contributed by atoms with Gasteiger partial charge in [-0.05, 0) is 12.1 Å². The molecule has 2 N–H and O–H groups in total. The normalized spacial score (nSPS) is 9.14. The van der Waals surface area contributed by atoms with E-state index in [0.717, 1.165) is 5.75 Å². The third kappa shape index (κ3) is 2.60. The molecule has 1 rings (SSSR count). The lowest BCUT2D eigenvalue weighted by Gasteiger charge is -2.08. The number of hydrogen-bond acceptors (Lipinski definition) is 3. The molecule has 0 aromatic heterocycles. The summed E-state index contributed by atoms with van der Waals surface area (Å²) >= 11 is 0. The fourth-order valence-electron chi connectivity index (χ4n) is 0.987. The van der Waals surface area contributed by atoms with Crippen molar-refractivity contribution in [1.29, 1.82) is 0 Å². The predicted octanol–water partition coefficient (Wildman–Crippen LogP) is 1.68. The molecule has 0 atom stereocenters. The Labute approximate surface area is 83.8 Å². The Morgan fingerprint density at radius 1 is 1.50 bits per heavy atom. The van der Waals surface area contributed by atoms with E-state index < -0.39 is 0 Å². The summed E-state index contributed by atoms with van der Waals surface area (Å²) in [6, 6.07) is 5.26. The molecule has 0 aliphatic heterocycles. The van der Waals surface area contributed by atoms with E-state index in [1.54, 1.807) is 25.3 Å². The number of terminal acetylenes is 1. The first-order valence-electron chi connectivity index (χ1n) is 4.27. The Morgan fingerprint density at radius 2 is 2.29 bits per heavy atom. The highest BCUT2D eigenvalue weighted by Gasteiger charge is 2.01. The minimum Gasteiger partial charge on any atom is -0.497 e. The van der Waals surface area contributed by atoms with Gasteiger partial charge in [0.25, 0.3) is 0 Å². The molecule has 0 saturated carbocycles. The van der Waals surface area contributed by atoms with Crippen molar-refractivity contribution < 1.29 is 9.47 Å². The Morgan fingerprint density at radius 3 is 2.93 bits per heavy atom. The quantitative estimate of drug-likeness (QED) is 0.447. The van der Waals surface area contributed by atoms with Gasteiger partial charge in [0.1, 0.15) is 11.5 Å². The molecule has 74 valence electrons. The molecule has 0 aliphatic carbocycles. The Balaban J connectivity index is 2.69. The summed E-state index contributed by atoms with van der Waals surface area (Å²) in [6.45, 7) is 0.466. The first-order valence-corrected chi connectivity index (χ1v) is 4.27. The average molecular weight is 191 g/mol. The van der Waals surface area contributed by atoms with Gasteiger partial charge >= 0.3 is 0 Å². The zero-order valence-corrected chi connectivity index (χ0v) is 8.12. The maximum Gasteiger partial charge on any atom is 0.145 e. The average Bonchev–Trinajstić information content (AvgIpc) is 2.21. The van der Waals surface area contributed by atoms with Gasteiger partial charge in [-0.15, -0.1) is 12.3 Å². The van der Waals surface area contributed by atoms with Crippen LogP contribution in [0, 0.1) is 12.3 Å². The van der Waals surface area contributed by atoms with E-state index in [9.17, 15) is 0 Å². The molecular weight excluding hydrogens is 178 g/mol. The molecule has 0 heterocycles. The fraction of sp³-hybridized carbons (Fsp3) is 0.273. The topological polar surface area (TPSA) is 44.5 Å². The zero-order chi connectivity index (χ0) is 10.4. The summed E-state index contributed by atoms with van der Waals surface area (Å²) in [5.41, 5.74) is 6.28. The van der Waals surface area contributed by atoms with Gasteiger partial charge in [0.15, 0.2) is 0 Å². The van der Waals surface area contributed by atoms with E-state index in [4.69, 9.17) is 21.6 Å². The van der Waals surface area contributed by atoms with E-state index in [0.29, 0.717) is 24.5 Å². The summed E-state index contributed by atoms with van der Waals surface area (Å²) < 4.78 is 10.4. The summed E-state index contributed by atoms with van der Waals surface area (Å²) in [4.78, 5) is 0. The highest BCUT2D eigenvalue weighted by Crippen LogP contribution is 2.26. The van der Waals surface area contributed by atoms with Gasteiger partial charge in [0.05, 0.1) is 19.4 Å². The number of nitrogens with two attached hydrogens (primary N) is 1. The first-order chi connectivity index (χ1) is 6.77. The van der Waals surface area contributed by atoms with Crippen LogP contribution in [0.5, 0.6) is 11.5 Å². The lowest BCUT2D eigenvalue weighted by molar-refractivity contribution is 0.325. The minimum atomic E-state index is 0.466. The molecule has 3 nitrogen and oxygen atoms in total. The minimum absolute atomic E-state index is 0.466. The summed E-state index contributed by atoms with van der Waals surface area (Å²) in [7, 11) is 1.59.